The fourth-order valence-corrected chi connectivity index (χ4v) is 9.48. The Morgan fingerprint density at radius 2 is 0.882 bits per heavy atom. The molecule has 0 fully saturated rings. The van der Waals surface area contributed by atoms with Crippen LogP contribution in [0.2, 0.25) is 0 Å². The fourth-order valence-electron chi connectivity index (χ4n) is 6.85. The van der Waals surface area contributed by atoms with Gasteiger partial charge in [-0.3, -0.25) is 14.5 Å². The minimum atomic E-state index is -0.0714. The molecule has 0 aliphatic heterocycles. The van der Waals surface area contributed by atoms with Crippen molar-refractivity contribution in [3.63, 3.8) is 0 Å². The Hall–Kier alpha value is -6.52. The van der Waals surface area contributed by atoms with Crippen LogP contribution in [-0.4, -0.2) is 65.1 Å². The summed E-state index contributed by atoms with van der Waals surface area (Å²) in [6, 6.07) is 41.3. The van der Waals surface area contributed by atoms with Crippen LogP contribution in [-0.2, 0) is 0 Å². The largest absolute Gasteiger partial charge is 1.00 e. The van der Waals surface area contributed by atoms with Gasteiger partial charge in [-0.05, 0) is 150 Å². The summed E-state index contributed by atoms with van der Waals surface area (Å²) in [6.07, 6.45) is 0. The molecular formula is C50H42BrN6NaO8S2. The molecule has 2 aromatic heterocycles. The predicted molar refractivity (Wildman–Crippen MR) is 269 cm³/mol. The van der Waals surface area contributed by atoms with E-state index in [0.717, 1.165) is 75.1 Å². The minimum Gasteiger partial charge on any atom is -0.497 e. The van der Waals surface area contributed by atoms with Crippen molar-refractivity contribution in [1.29, 1.82) is 0 Å². The number of carbonyl (C=O) groups is 2. The Bertz CT molecular complexity index is 3050. The number of fused-ring (bicyclic) bond motifs is 2. The van der Waals surface area contributed by atoms with Crippen molar-refractivity contribution in [2.45, 2.75) is 0 Å². The number of halogens is 1. The number of hydrogen-bond acceptors (Lipinski definition) is 11. The molecule has 8 aromatic rings. The summed E-state index contributed by atoms with van der Waals surface area (Å²) in [5.41, 5.74) is 26.3. The third-order valence-corrected chi connectivity index (χ3v) is 12.8. The summed E-state index contributed by atoms with van der Waals surface area (Å²) in [4.78, 5) is 33.3. The molecule has 0 unspecified atom stereocenters. The van der Waals surface area contributed by atoms with Crippen LogP contribution in [0.3, 0.4) is 0 Å². The van der Waals surface area contributed by atoms with E-state index in [1.54, 1.807) is 75.4 Å². The second kappa shape index (κ2) is 26.1. The number of rotatable bonds is 17. The maximum atomic E-state index is 13.7. The van der Waals surface area contributed by atoms with Crippen molar-refractivity contribution in [1.82, 2.24) is 0 Å². The number of hydrogen-bond donors (Lipinski definition) is 0. The first kappa shape index (κ1) is 52.4. The molecule has 0 aliphatic rings. The topological polar surface area (TPSA) is 197 Å². The first-order valence-corrected chi connectivity index (χ1v) is 23.1. The second-order valence-corrected chi connectivity index (χ2v) is 16.8. The fraction of sp³-hybridized carbons (Fsp3) is 0.160. The van der Waals surface area contributed by atoms with Gasteiger partial charge in [-0.25, -0.2) is 0 Å². The third-order valence-electron chi connectivity index (χ3n) is 10.1. The van der Waals surface area contributed by atoms with Gasteiger partial charge < -0.3 is 39.5 Å². The first-order chi connectivity index (χ1) is 32.7. The predicted octanol–water partition coefficient (Wildman–Crippen LogP) is 11.0. The van der Waals surface area contributed by atoms with Gasteiger partial charge in [0.05, 0.1) is 48.2 Å². The summed E-state index contributed by atoms with van der Waals surface area (Å²) in [7, 11) is 6.53. The van der Waals surface area contributed by atoms with Crippen LogP contribution in [0.25, 0.3) is 67.5 Å². The van der Waals surface area contributed by atoms with E-state index < -0.39 is 0 Å². The first-order valence-electron chi connectivity index (χ1n) is 20.3. The second-order valence-electron chi connectivity index (χ2n) is 13.9. The average Bonchev–Trinajstić information content (AvgIpc) is 3.96. The van der Waals surface area contributed by atoms with Crippen LogP contribution >= 0.6 is 38.6 Å². The smallest absolute Gasteiger partial charge is 0.497 e. The van der Waals surface area contributed by atoms with E-state index in [4.69, 9.17) is 45.0 Å². The number of azide groups is 1. The quantitative estimate of drug-likeness (QED) is 0.0163. The van der Waals surface area contributed by atoms with Crippen molar-refractivity contribution >= 4 is 70.3 Å². The normalized spacial score (nSPS) is 10.1. The molecule has 0 saturated carbocycles. The SMILES string of the molecule is COc1ccc(-c2sc3cc(OC)ccc3c2C(=O)c2ccc(OCCBr)cc2)cc1.COc1ccc(-c2sc3cc(OC)ccc3c2C(=O)c2ccc(OCCN=[N+]=[N-])cc2)cc1.[N-]=[N+]=[N-].[Na+]. The van der Waals surface area contributed by atoms with E-state index >= 15 is 0 Å². The molecule has 6 aromatic carbocycles. The molecule has 68 heavy (non-hydrogen) atoms. The molecule has 0 saturated heterocycles. The number of benzene rings is 6. The van der Waals surface area contributed by atoms with Crippen LogP contribution in [0.15, 0.2) is 139 Å². The average molecular weight is 1020 g/mol. The molecule has 8 rings (SSSR count). The van der Waals surface area contributed by atoms with Crippen LogP contribution in [0.1, 0.15) is 31.8 Å². The number of ether oxygens (including phenoxy) is 6. The van der Waals surface area contributed by atoms with Crippen molar-refractivity contribution in [3.05, 3.63) is 182 Å². The Morgan fingerprint density at radius 1 is 0.529 bits per heavy atom. The van der Waals surface area contributed by atoms with Gasteiger partial charge in [0.25, 0.3) is 0 Å². The standard InChI is InChI=1S/C25H21BrO4S.C25H21N3O4S.N3.Na/c1-28-18-7-5-17(6-8-18)25-23(21-12-11-20(29-2)15-22(21)31-25)24(27)16-3-9-19(10-4-16)30-14-13-26;1-30-18-7-5-17(6-8-18)25-23(21-12-11-20(31-2)15-22(21)33-25)24(29)16-3-9-19(10-4-16)32-14-13-27-28-26;1-3-2;/h3-12,15H,13-14H2,1-2H3;3-12,15H,13-14H2,1-2H3;;/q;;-1;+1. The Kier molecular flexibility index (Phi) is 20.2. The van der Waals surface area contributed by atoms with Gasteiger partial charge in [0.1, 0.15) is 34.5 Å². The molecule has 340 valence electrons. The van der Waals surface area contributed by atoms with Gasteiger partial charge in [0, 0.05) is 62.4 Å². The molecular weight excluding hydrogens is 980 g/mol. The summed E-state index contributed by atoms with van der Waals surface area (Å²) < 4.78 is 34.5. The monoisotopic (exact) mass is 1020 g/mol. The number of thiophene rings is 2. The Balaban J connectivity index is 0.000000237. The number of nitrogens with zero attached hydrogens (tertiary/aromatic N) is 6. The molecule has 0 N–H and O–H groups in total. The summed E-state index contributed by atoms with van der Waals surface area (Å²) in [6.45, 7) is 1.09. The van der Waals surface area contributed by atoms with Crippen molar-refractivity contribution < 1.29 is 67.6 Å². The number of alkyl halides is 1. The van der Waals surface area contributed by atoms with E-state index in [0.29, 0.717) is 34.6 Å². The number of carbonyl (C=O) groups excluding carboxylic acids is 2. The molecule has 18 heteroatoms. The maximum Gasteiger partial charge on any atom is 1.00 e. The van der Waals surface area contributed by atoms with Gasteiger partial charge in [0.2, 0.25) is 0 Å². The molecule has 0 amide bonds. The van der Waals surface area contributed by atoms with Crippen molar-refractivity contribution in [2.24, 2.45) is 5.11 Å². The van der Waals surface area contributed by atoms with Crippen molar-refractivity contribution in [2.75, 3.05) is 53.5 Å². The van der Waals surface area contributed by atoms with Gasteiger partial charge in [-0.1, -0.05) is 21.0 Å². The zero-order valence-electron chi connectivity index (χ0n) is 37.7. The minimum absolute atomic E-state index is 0. The van der Waals surface area contributed by atoms with E-state index in [1.165, 1.54) is 4.91 Å². The van der Waals surface area contributed by atoms with Crippen molar-refractivity contribution in [3.8, 4) is 55.4 Å². The van der Waals surface area contributed by atoms with Gasteiger partial charge >= 0.3 is 29.6 Å². The zero-order valence-corrected chi connectivity index (χ0v) is 42.9. The van der Waals surface area contributed by atoms with Crippen LogP contribution in [0, 0.1) is 0 Å². The third kappa shape index (κ3) is 12.9. The molecule has 0 spiro atoms. The number of ketones is 2. The summed E-state index contributed by atoms with van der Waals surface area (Å²) in [5.74, 6) is 4.30. The van der Waals surface area contributed by atoms with Gasteiger partial charge in [0.15, 0.2) is 11.6 Å². The van der Waals surface area contributed by atoms with E-state index in [1.807, 2.05) is 109 Å². The molecule has 0 bridgehead atoms. The molecule has 0 atom stereocenters. The van der Waals surface area contributed by atoms with Gasteiger partial charge in [-0.15, -0.1) is 22.7 Å². The molecule has 0 radical (unpaired) electrons. The van der Waals surface area contributed by atoms with Gasteiger partial charge in [-0.2, -0.15) is 0 Å². The van der Waals surface area contributed by atoms with E-state index in [9.17, 15) is 9.59 Å². The van der Waals surface area contributed by atoms with E-state index in [-0.39, 0.29) is 54.3 Å². The summed E-state index contributed by atoms with van der Waals surface area (Å²) in [5, 5.41) is 5.99. The Morgan fingerprint density at radius 3 is 1.24 bits per heavy atom. The number of methoxy groups -OCH3 is 4. The van der Waals surface area contributed by atoms with Crippen LogP contribution < -0.4 is 58.0 Å². The zero-order chi connectivity index (χ0) is 47.7. The van der Waals surface area contributed by atoms with E-state index in [2.05, 4.69) is 26.0 Å². The Labute approximate surface area is 430 Å². The maximum absolute atomic E-state index is 13.7. The summed E-state index contributed by atoms with van der Waals surface area (Å²) >= 11 is 6.49. The van der Waals surface area contributed by atoms with Crippen LogP contribution in [0.5, 0.6) is 34.5 Å². The molecule has 0 aliphatic carbocycles. The molecule has 14 nitrogen and oxygen atoms in total. The van der Waals surface area contributed by atoms with Crippen LogP contribution in [0.4, 0.5) is 0 Å². The molecule has 2 heterocycles.